The molecule has 8 fully saturated rings. The van der Waals surface area contributed by atoms with Crippen molar-refractivity contribution >= 4 is 11.6 Å². The summed E-state index contributed by atoms with van der Waals surface area (Å²) in [5.41, 5.74) is 9.29. The Morgan fingerprint density at radius 1 is 0.230 bits per heavy atom. The highest BCUT2D eigenvalue weighted by atomic mass is 19.2. The molecule has 0 radical (unpaired) electrons. The van der Waals surface area contributed by atoms with E-state index in [1.807, 2.05) is 39.8 Å². The molecule has 0 saturated heterocycles. The van der Waals surface area contributed by atoms with Gasteiger partial charge >= 0.3 is 0 Å². The lowest BCUT2D eigenvalue weighted by molar-refractivity contribution is 0.0861. The summed E-state index contributed by atoms with van der Waals surface area (Å²) in [4.78, 5) is 24.8. The molecule has 2 nitrogen and oxygen atoms in total. The first kappa shape index (κ1) is 99.6. The van der Waals surface area contributed by atoms with Crippen molar-refractivity contribution in [2.45, 2.75) is 368 Å². The second-order valence-corrected chi connectivity index (χ2v) is 40.6. The summed E-state index contributed by atoms with van der Waals surface area (Å²) in [6.07, 6.45) is 40.5. The largest absolute Gasteiger partial charge is 0.294 e. The van der Waals surface area contributed by atoms with Crippen LogP contribution in [0.2, 0.25) is 0 Å². The van der Waals surface area contributed by atoms with E-state index in [0.717, 1.165) is 159 Å². The molecule has 14 rings (SSSR count). The van der Waals surface area contributed by atoms with Gasteiger partial charge in [-0.25, -0.2) is 52.7 Å². The summed E-state index contributed by atoms with van der Waals surface area (Å²) in [6.45, 7) is 34.2. The van der Waals surface area contributed by atoms with E-state index >= 15 is 0 Å². The van der Waals surface area contributed by atoms with Gasteiger partial charge in [0, 0.05) is 11.8 Å². The van der Waals surface area contributed by atoms with Crippen molar-refractivity contribution in [1.82, 2.24) is 0 Å². The first-order valence-corrected chi connectivity index (χ1v) is 47.5. The Bertz CT molecular complexity index is 4150. The van der Waals surface area contributed by atoms with Crippen molar-refractivity contribution in [3.8, 4) is 0 Å². The normalized spacial score (nSPS) is 26.7. The Kier molecular flexibility index (Phi) is 37.6. The van der Waals surface area contributed by atoms with Gasteiger partial charge in [0.05, 0.1) is 11.1 Å². The van der Waals surface area contributed by atoms with Gasteiger partial charge in [-0.15, -0.1) is 0 Å². The monoisotopic (exact) mass is 1710 g/mol. The van der Waals surface area contributed by atoms with Gasteiger partial charge in [0.25, 0.3) is 0 Å². The second kappa shape index (κ2) is 46.0. The molecule has 14 heteroatoms. The summed E-state index contributed by atoms with van der Waals surface area (Å²) in [5.74, 6) is 0.439. The molecule has 0 N–H and O–H groups in total. The van der Waals surface area contributed by atoms with Crippen LogP contribution in [0.25, 0.3) is 0 Å². The van der Waals surface area contributed by atoms with Crippen molar-refractivity contribution in [3.05, 3.63) is 206 Å². The van der Waals surface area contributed by atoms with Crippen LogP contribution in [0.3, 0.4) is 0 Å². The molecule has 0 aromatic heterocycles. The molecule has 0 unspecified atom stereocenters. The van der Waals surface area contributed by atoms with Gasteiger partial charge < -0.3 is 0 Å². The van der Waals surface area contributed by atoms with Crippen molar-refractivity contribution < 1.29 is 62.3 Å². The average Bonchev–Trinajstić information content (AvgIpc) is 0.810. The van der Waals surface area contributed by atoms with Gasteiger partial charge in [-0.3, -0.25) is 9.59 Å². The average molecular weight is 1710 g/mol. The number of hydrogen-bond donors (Lipinski definition) is 0. The molecule has 6 aromatic carbocycles. The lowest BCUT2D eigenvalue weighted by Gasteiger charge is -2.37. The number of rotatable bonds is 14. The summed E-state index contributed by atoms with van der Waals surface area (Å²) in [5, 5.41) is 0. The number of Topliss-reactive ketones (excluding diaryl/α,β-unsaturated/α-hetero) is 2. The van der Waals surface area contributed by atoms with E-state index in [1.165, 1.54) is 142 Å². The van der Waals surface area contributed by atoms with Crippen LogP contribution >= 0.6 is 0 Å². The highest BCUT2D eigenvalue weighted by molar-refractivity contribution is 6.00. The van der Waals surface area contributed by atoms with Crippen LogP contribution in [-0.4, -0.2) is 11.6 Å². The van der Waals surface area contributed by atoms with Crippen molar-refractivity contribution in [1.29, 1.82) is 0 Å². The Morgan fingerprint density at radius 3 is 0.697 bits per heavy atom. The summed E-state index contributed by atoms with van der Waals surface area (Å²) in [7, 11) is 0. The molecule has 0 bridgehead atoms. The van der Waals surface area contributed by atoms with E-state index in [4.69, 9.17) is 0 Å². The van der Waals surface area contributed by atoms with E-state index in [9.17, 15) is 62.3 Å². The van der Waals surface area contributed by atoms with Gasteiger partial charge in [-0.05, 0) is 383 Å². The van der Waals surface area contributed by atoms with E-state index < -0.39 is 69.8 Å². The Morgan fingerprint density at radius 2 is 0.434 bits per heavy atom. The Balaban J connectivity index is 0.000000167. The van der Waals surface area contributed by atoms with Crippen LogP contribution in [0, 0.1) is 236 Å². The first-order valence-electron chi connectivity index (χ1n) is 47.5. The standard InChI is InChI=1S/2C21H30F2.2C17H24F2.2C16H20F2O/c2*1-13-4-6-16(7-5-13)17-8-10-18(11-9-17)19-14(2)12-15(3)20(22)21(19)23;2*1-11-4-6-14(7-5-11)8-9-15-12(2)10-13(3)16(18)17(15)19;2*1-9-4-6-12(7-5-9)16(19)13-10(2)8-11(3)14(17)15(13)18/h2*12-13,16-18H,4-11H2,1-3H3;2*10-11,14H,4-9H2,1-3H3;2*8-9,12H,4-7H2,1-3H3. The van der Waals surface area contributed by atoms with Crippen LogP contribution in [0.5, 0.6) is 0 Å². The minimum atomic E-state index is -0.971. The molecule has 0 atom stereocenters. The van der Waals surface area contributed by atoms with Crippen LogP contribution in [0.1, 0.15) is 381 Å². The van der Waals surface area contributed by atoms with Gasteiger partial charge in [-0.1, -0.05) is 181 Å². The number of ketones is 2. The highest BCUT2D eigenvalue weighted by Gasteiger charge is 2.37. The molecule has 0 amide bonds. The molecule has 0 aliphatic heterocycles. The Labute approximate surface area is 726 Å². The molecule has 122 heavy (non-hydrogen) atoms. The lowest BCUT2D eigenvalue weighted by Crippen LogP contribution is -2.25. The molecular weight excluding hydrogens is 1560 g/mol. The molecular formula is C108H148F12O2. The van der Waals surface area contributed by atoms with Crippen LogP contribution in [-0.2, 0) is 12.8 Å². The fourth-order valence-electron chi connectivity index (χ4n) is 22.5. The molecule has 8 aliphatic rings. The van der Waals surface area contributed by atoms with Crippen molar-refractivity contribution in [2.75, 3.05) is 0 Å². The molecule has 8 aliphatic carbocycles. The maximum Gasteiger partial charge on any atom is 0.170 e. The van der Waals surface area contributed by atoms with E-state index in [-0.39, 0.29) is 57.5 Å². The van der Waals surface area contributed by atoms with E-state index in [2.05, 4.69) is 41.5 Å². The fraction of sp³-hybridized carbons (Fsp3) is 0.648. The maximum absolute atomic E-state index is 14.4. The third-order valence-corrected chi connectivity index (χ3v) is 30.8. The van der Waals surface area contributed by atoms with Gasteiger partial charge in [0.15, 0.2) is 81.4 Å². The number of carbonyl (C=O) groups excluding carboxylic acids is 2. The quantitative estimate of drug-likeness (QED) is 0.0805. The van der Waals surface area contributed by atoms with Crippen molar-refractivity contribution in [2.24, 2.45) is 82.9 Å². The number of halogens is 12. The minimum Gasteiger partial charge on any atom is -0.294 e. The smallest absolute Gasteiger partial charge is 0.170 e. The second-order valence-electron chi connectivity index (χ2n) is 40.6. The third-order valence-electron chi connectivity index (χ3n) is 30.8. The van der Waals surface area contributed by atoms with Gasteiger partial charge in [0.1, 0.15) is 0 Å². The van der Waals surface area contributed by atoms with Crippen LogP contribution < -0.4 is 0 Å². The molecule has 8 saturated carbocycles. The number of aryl methyl sites for hydroxylation is 12. The molecule has 6 aromatic rings. The van der Waals surface area contributed by atoms with Gasteiger partial charge in [-0.2, -0.15) is 0 Å². The topological polar surface area (TPSA) is 34.1 Å². The number of benzene rings is 6. The van der Waals surface area contributed by atoms with E-state index in [0.29, 0.717) is 92.1 Å². The van der Waals surface area contributed by atoms with Crippen LogP contribution in [0.4, 0.5) is 52.7 Å². The molecule has 676 valence electrons. The van der Waals surface area contributed by atoms with Gasteiger partial charge in [0.2, 0.25) is 0 Å². The fourth-order valence-corrected chi connectivity index (χ4v) is 22.5. The summed E-state index contributed by atoms with van der Waals surface area (Å²) < 4.78 is 167. The molecule has 0 heterocycles. The number of hydrogen-bond acceptors (Lipinski definition) is 2. The summed E-state index contributed by atoms with van der Waals surface area (Å²) in [6, 6.07) is 10.2. The molecule has 0 spiro atoms. The minimum absolute atomic E-state index is 0.0392. The lowest BCUT2D eigenvalue weighted by atomic mass is 9.68. The first-order chi connectivity index (χ1) is 57.7. The maximum atomic E-state index is 14.4. The summed E-state index contributed by atoms with van der Waals surface area (Å²) >= 11 is 0. The zero-order chi connectivity index (χ0) is 89.4. The zero-order valence-electron chi connectivity index (χ0n) is 77.5. The van der Waals surface area contributed by atoms with Crippen LogP contribution in [0.15, 0.2) is 36.4 Å². The predicted octanol–water partition coefficient (Wildman–Crippen LogP) is 33.2. The Hall–Kier alpha value is -6.18. The highest BCUT2D eigenvalue weighted by Crippen LogP contribution is 2.49. The number of carbonyl (C=O) groups is 2. The van der Waals surface area contributed by atoms with Crippen molar-refractivity contribution in [3.63, 3.8) is 0 Å². The SMILES string of the molecule is Cc1cc(C)c(C(=O)C2CCC(C)CC2)c(F)c1F.Cc1cc(C)c(C(=O)C2CCC(C)CC2)c(F)c1F.Cc1cc(C)c(C2CCC(C3CCC(C)CC3)CC2)c(F)c1F.Cc1cc(C)c(C2CCC(C3CCC(C)CC3)CC2)c(F)c1F.Cc1cc(C)c(CCC2CCC(C)CC2)c(F)c1F.Cc1cc(C)c(CCC2CCC(C)CC2)c(F)c1F. The predicted molar refractivity (Wildman–Crippen MR) is 476 cm³/mol. The van der Waals surface area contributed by atoms with E-state index in [1.54, 1.807) is 65.8 Å². The third kappa shape index (κ3) is 26.1. The zero-order valence-corrected chi connectivity index (χ0v) is 77.5.